The van der Waals surface area contributed by atoms with E-state index in [1.807, 2.05) is 6.92 Å². The number of amides is 1. The normalized spacial score (nSPS) is 10.7. The van der Waals surface area contributed by atoms with E-state index in [1.54, 1.807) is 34.2 Å². The molecule has 0 aliphatic heterocycles. The average Bonchev–Trinajstić information content (AvgIpc) is 3.17. The molecule has 3 aromatic rings. The lowest BCUT2D eigenvalue weighted by molar-refractivity contribution is -0.116. The number of thiazole rings is 1. The van der Waals surface area contributed by atoms with Crippen LogP contribution in [0.4, 0.5) is 5.69 Å². The zero-order valence-electron chi connectivity index (χ0n) is 12.3. The molecule has 9 heteroatoms. The van der Waals surface area contributed by atoms with E-state index in [0.717, 1.165) is 22.7 Å². The van der Waals surface area contributed by atoms with Crippen molar-refractivity contribution in [3.63, 3.8) is 0 Å². The van der Waals surface area contributed by atoms with E-state index in [2.05, 4.69) is 20.8 Å². The lowest BCUT2D eigenvalue weighted by Crippen LogP contribution is -2.20. The van der Waals surface area contributed by atoms with E-state index in [0.29, 0.717) is 12.2 Å². The molecule has 23 heavy (non-hydrogen) atoms. The molecule has 2 aromatic heterocycles. The van der Waals surface area contributed by atoms with Gasteiger partial charge in [-0.3, -0.25) is 9.59 Å². The lowest BCUT2D eigenvalue weighted by atomic mass is 10.2. The molecule has 0 aliphatic rings. The lowest BCUT2D eigenvalue weighted by Gasteiger charge is -2.07. The second-order valence-corrected chi connectivity index (χ2v) is 5.71. The van der Waals surface area contributed by atoms with Crippen molar-refractivity contribution < 1.29 is 4.79 Å². The summed E-state index contributed by atoms with van der Waals surface area (Å²) >= 11 is 1.14. The molecule has 0 fully saturated rings. The standard InChI is InChI=1S/C14H14N6O2S/c1-10-8-23-14(22)19(10)7-6-13(21)16-11-2-4-12(5-3-11)20-9-15-17-18-20/h2-5,8-9H,6-7H2,1H3,(H,16,21). The number of hydrogen-bond donors (Lipinski definition) is 1. The third-order valence-corrected chi connectivity index (χ3v) is 4.18. The highest BCUT2D eigenvalue weighted by Gasteiger charge is 2.07. The summed E-state index contributed by atoms with van der Waals surface area (Å²) in [4.78, 5) is 23.5. The van der Waals surface area contributed by atoms with Crippen molar-refractivity contribution in [1.29, 1.82) is 0 Å². The molecule has 0 bridgehead atoms. The molecule has 0 atom stereocenters. The number of anilines is 1. The van der Waals surface area contributed by atoms with Crippen LogP contribution >= 0.6 is 11.3 Å². The molecule has 0 unspecified atom stereocenters. The summed E-state index contributed by atoms with van der Waals surface area (Å²) in [5, 5.41) is 15.5. The Balaban J connectivity index is 1.59. The minimum absolute atomic E-state index is 0.0407. The Bertz CT molecular complexity index is 850. The third kappa shape index (κ3) is 3.51. The van der Waals surface area contributed by atoms with E-state index in [1.165, 1.54) is 11.0 Å². The maximum Gasteiger partial charge on any atom is 0.307 e. The van der Waals surface area contributed by atoms with Crippen molar-refractivity contribution >= 4 is 22.9 Å². The summed E-state index contributed by atoms with van der Waals surface area (Å²) in [5.74, 6) is -0.141. The van der Waals surface area contributed by atoms with Crippen LogP contribution in [0.1, 0.15) is 12.1 Å². The molecule has 1 N–H and O–H groups in total. The van der Waals surface area contributed by atoms with E-state index >= 15 is 0 Å². The molecule has 8 nitrogen and oxygen atoms in total. The Hall–Kier alpha value is -2.81. The second kappa shape index (κ2) is 6.53. The van der Waals surface area contributed by atoms with Crippen molar-refractivity contribution in [3.8, 4) is 5.69 Å². The number of hydrogen-bond acceptors (Lipinski definition) is 6. The van der Waals surface area contributed by atoms with Gasteiger partial charge in [0.05, 0.1) is 5.69 Å². The quantitative estimate of drug-likeness (QED) is 0.759. The Kier molecular flexibility index (Phi) is 4.29. The Morgan fingerprint density at radius 2 is 2.09 bits per heavy atom. The molecule has 0 radical (unpaired) electrons. The Labute approximate surface area is 135 Å². The molecule has 1 aromatic carbocycles. The smallest absolute Gasteiger partial charge is 0.307 e. The first-order chi connectivity index (χ1) is 11.1. The third-order valence-electron chi connectivity index (χ3n) is 3.30. The van der Waals surface area contributed by atoms with Gasteiger partial charge in [0, 0.05) is 29.7 Å². The number of rotatable bonds is 5. The first-order valence-corrected chi connectivity index (χ1v) is 7.79. The van der Waals surface area contributed by atoms with Crippen LogP contribution < -0.4 is 10.2 Å². The molecule has 1 amide bonds. The number of tetrazole rings is 1. The van der Waals surface area contributed by atoms with Crippen LogP contribution in [0, 0.1) is 6.92 Å². The van der Waals surface area contributed by atoms with Crippen LogP contribution in [0.3, 0.4) is 0 Å². The number of carbonyl (C=O) groups excluding carboxylic acids is 1. The van der Waals surface area contributed by atoms with E-state index in [9.17, 15) is 9.59 Å². The molecule has 0 aliphatic carbocycles. The first kappa shape index (κ1) is 15.1. The molecular weight excluding hydrogens is 316 g/mol. The monoisotopic (exact) mass is 330 g/mol. The minimum atomic E-state index is -0.141. The zero-order valence-corrected chi connectivity index (χ0v) is 13.2. The highest BCUT2D eigenvalue weighted by Crippen LogP contribution is 2.12. The second-order valence-electron chi connectivity index (χ2n) is 4.89. The predicted octanol–water partition coefficient (Wildman–Crippen LogP) is 1.22. The van der Waals surface area contributed by atoms with Crippen molar-refractivity contribution in [2.45, 2.75) is 19.9 Å². The number of nitrogens with one attached hydrogen (secondary N) is 1. The zero-order chi connectivity index (χ0) is 16.2. The fourth-order valence-corrected chi connectivity index (χ4v) is 2.85. The van der Waals surface area contributed by atoms with Gasteiger partial charge < -0.3 is 9.88 Å². The maximum atomic E-state index is 12.0. The van der Waals surface area contributed by atoms with Gasteiger partial charge in [-0.1, -0.05) is 11.3 Å². The van der Waals surface area contributed by atoms with Gasteiger partial charge in [0.2, 0.25) is 5.91 Å². The van der Waals surface area contributed by atoms with Gasteiger partial charge in [-0.2, -0.15) is 0 Å². The van der Waals surface area contributed by atoms with Crippen molar-refractivity contribution in [2.75, 3.05) is 5.32 Å². The summed E-state index contributed by atoms with van der Waals surface area (Å²) in [7, 11) is 0. The Morgan fingerprint density at radius 1 is 1.30 bits per heavy atom. The van der Waals surface area contributed by atoms with Gasteiger partial charge in [-0.25, -0.2) is 4.68 Å². The molecular formula is C14H14N6O2S. The SMILES string of the molecule is Cc1csc(=O)n1CCC(=O)Nc1ccc(-n2cnnn2)cc1. The van der Waals surface area contributed by atoms with Crippen LogP contribution in [-0.2, 0) is 11.3 Å². The number of aromatic nitrogens is 5. The number of benzene rings is 1. The fourth-order valence-electron chi connectivity index (χ4n) is 2.09. The van der Waals surface area contributed by atoms with Crippen LogP contribution in [0.5, 0.6) is 0 Å². The molecule has 2 heterocycles. The fraction of sp³-hybridized carbons (Fsp3) is 0.214. The van der Waals surface area contributed by atoms with Gasteiger partial charge in [0.1, 0.15) is 6.33 Å². The van der Waals surface area contributed by atoms with Gasteiger partial charge in [0.15, 0.2) is 0 Å². The molecule has 0 saturated heterocycles. The van der Waals surface area contributed by atoms with E-state index in [4.69, 9.17) is 0 Å². The number of aryl methyl sites for hydroxylation is 1. The molecule has 118 valence electrons. The molecule has 3 rings (SSSR count). The van der Waals surface area contributed by atoms with Crippen molar-refractivity contribution in [2.24, 2.45) is 0 Å². The predicted molar refractivity (Wildman–Crippen MR) is 85.7 cm³/mol. The first-order valence-electron chi connectivity index (χ1n) is 6.92. The van der Waals surface area contributed by atoms with Crippen LogP contribution in [0.15, 0.2) is 40.8 Å². The van der Waals surface area contributed by atoms with Gasteiger partial charge in [-0.15, -0.1) is 5.10 Å². The van der Waals surface area contributed by atoms with Crippen LogP contribution in [0.25, 0.3) is 5.69 Å². The summed E-state index contributed by atoms with van der Waals surface area (Å²) in [6.07, 6.45) is 1.74. The summed E-state index contributed by atoms with van der Waals surface area (Å²) < 4.78 is 3.13. The largest absolute Gasteiger partial charge is 0.326 e. The van der Waals surface area contributed by atoms with E-state index < -0.39 is 0 Å². The minimum Gasteiger partial charge on any atom is -0.326 e. The Morgan fingerprint density at radius 3 is 2.70 bits per heavy atom. The van der Waals surface area contributed by atoms with Crippen LogP contribution in [-0.4, -0.2) is 30.7 Å². The van der Waals surface area contributed by atoms with Crippen molar-refractivity contribution in [1.82, 2.24) is 24.8 Å². The van der Waals surface area contributed by atoms with Crippen molar-refractivity contribution in [3.05, 3.63) is 51.3 Å². The summed E-state index contributed by atoms with van der Waals surface area (Å²) in [6.45, 7) is 2.23. The molecule has 0 saturated carbocycles. The van der Waals surface area contributed by atoms with Crippen LogP contribution in [0.2, 0.25) is 0 Å². The maximum absolute atomic E-state index is 12.0. The van der Waals surface area contributed by atoms with Gasteiger partial charge in [-0.05, 0) is 41.6 Å². The summed E-state index contributed by atoms with van der Waals surface area (Å²) in [6, 6.07) is 7.16. The number of carbonyl (C=O) groups is 1. The van der Waals surface area contributed by atoms with E-state index in [-0.39, 0.29) is 17.2 Å². The summed E-state index contributed by atoms with van der Waals surface area (Å²) in [5.41, 5.74) is 2.35. The van der Waals surface area contributed by atoms with Gasteiger partial charge >= 0.3 is 4.87 Å². The highest BCUT2D eigenvalue weighted by molar-refractivity contribution is 7.07. The highest BCUT2D eigenvalue weighted by atomic mass is 32.1. The average molecular weight is 330 g/mol. The number of nitrogens with zero attached hydrogens (tertiary/aromatic N) is 5. The topological polar surface area (TPSA) is 94.7 Å². The van der Waals surface area contributed by atoms with Gasteiger partial charge in [0.25, 0.3) is 0 Å². The molecule has 0 spiro atoms.